The molecule has 0 bridgehead atoms. The highest BCUT2D eigenvalue weighted by atomic mass is 35.5. The molecule has 1 aromatic heterocycles. The third-order valence-electron chi connectivity index (χ3n) is 3.48. The molecule has 0 aliphatic rings. The van der Waals surface area contributed by atoms with Crippen LogP contribution in [0.4, 0.5) is 0 Å². The Morgan fingerprint density at radius 3 is 2.86 bits per heavy atom. The minimum atomic E-state index is -0.629. The summed E-state index contributed by atoms with van der Waals surface area (Å²) in [5.41, 5.74) is 1.95. The number of aliphatic hydroxyl groups excluding tert-OH is 1. The van der Waals surface area contributed by atoms with Crippen LogP contribution in [0.1, 0.15) is 5.82 Å². The average molecular weight is 317 g/mol. The highest BCUT2D eigenvalue weighted by Gasteiger charge is 2.12. The molecule has 0 radical (unpaired) electrons. The van der Waals surface area contributed by atoms with E-state index in [1.165, 1.54) is 0 Å². The molecule has 0 spiro atoms. The molecule has 2 aromatic carbocycles. The molecule has 0 aliphatic carbocycles. The lowest BCUT2D eigenvalue weighted by Gasteiger charge is -2.15. The summed E-state index contributed by atoms with van der Waals surface area (Å²) in [6.45, 7) is 2.57. The lowest BCUT2D eigenvalue weighted by molar-refractivity contribution is 0.0929. The topological polar surface area (TPSA) is 47.3 Å². The van der Waals surface area contributed by atoms with Crippen molar-refractivity contribution >= 4 is 22.6 Å². The fraction of sp³-hybridized carbons (Fsp3) is 0.235. The molecule has 3 aromatic rings. The van der Waals surface area contributed by atoms with Crippen molar-refractivity contribution in [2.24, 2.45) is 0 Å². The number of aryl methyl sites for hydroxylation is 1. The molecule has 5 heteroatoms. The maximum atomic E-state index is 10.2. The second kappa shape index (κ2) is 6.38. The molecule has 1 unspecified atom stereocenters. The normalized spacial score (nSPS) is 12.5. The Balaban J connectivity index is 1.68. The smallest absolute Gasteiger partial charge is 0.120 e. The molecule has 3 rings (SSSR count). The molecule has 1 N–H and O–H groups in total. The Hall–Kier alpha value is -2.04. The zero-order valence-electron chi connectivity index (χ0n) is 12.2. The molecule has 1 heterocycles. The standard InChI is InChI=1S/C17H17ClN2O2/c1-12-19-16-7-2-3-8-17(16)20(12)10-14(21)11-22-15-6-4-5-13(18)9-15/h2-9,14,21H,10-11H2,1H3. The quantitative estimate of drug-likeness (QED) is 0.784. The van der Waals surface area contributed by atoms with Gasteiger partial charge in [0.05, 0.1) is 17.6 Å². The third kappa shape index (κ3) is 3.24. The molecule has 0 fully saturated rings. The van der Waals surface area contributed by atoms with Crippen molar-refractivity contribution in [3.05, 3.63) is 59.4 Å². The van der Waals surface area contributed by atoms with Crippen molar-refractivity contribution in [3.8, 4) is 5.75 Å². The SMILES string of the molecule is Cc1nc2ccccc2n1CC(O)COc1cccc(Cl)c1. The lowest BCUT2D eigenvalue weighted by Crippen LogP contribution is -2.24. The van der Waals surface area contributed by atoms with Crippen molar-refractivity contribution in [1.29, 1.82) is 0 Å². The van der Waals surface area contributed by atoms with Crippen molar-refractivity contribution < 1.29 is 9.84 Å². The monoisotopic (exact) mass is 316 g/mol. The van der Waals surface area contributed by atoms with E-state index in [2.05, 4.69) is 4.98 Å². The fourth-order valence-corrected chi connectivity index (χ4v) is 2.62. The average Bonchev–Trinajstić information content (AvgIpc) is 2.81. The van der Waals surface area contributed by atoms with Gasteiger partial charge in [-0.05, 0) is 37.3 Å². The molecule has 1 atom stereocenters. The first kappa shape index (κ1) is 14.9. The Labute approximate surface area is 133 Å². The van der Waals surface area contributed by atoms with Crippen LogP contribution < -0.4 is 4.74 Å². The Morgan fingerprint density at radius 2 is 2.05 bits per heavy atom. The van der Waals surface area contributed by atoms with Crippen molar-refractivity contribution in [3.63, 3.8) is 0 Å². The van der Waals surface area contributed by atoms with Gasteiger partial charge < -0.3 is 14.4 Å². The number of imidazole rings is 1. The predicted octanol–water partition coefficient (Wildman–Crippen LogP) is 3.44. The molecule has 0 saturated carbocycles. The number of hydrogen-bond donors (Lipinski definition) is 1. The van der Waals surface area contributed by atoms with Crippen LogP contribution in [0.15, 0.2) is 48.5 Å². The zero-order valence-corrected chi connectivity index (χ0v) is 13.0. The van der Waals surface area contributed by atoms with Crippen LogP contribution in [0.5, 0.6) is 5.75 Å². The molecule has 114 valence electrons. The summed E-state index contributed by atoms with van der Waals surface area (Å²) in [4.78, 5) is 4.49. The van der Waals surface area contributed by atoms with Crippen molar-refractivity contribution in [2.45, 2.75) is 19.6 Å². The van der Waals surface area contributed by atoms with Gasteiger partial charge in [0.1, 0.15) is 24.3 Å². The van der Waals surface area contributed by atoms with E-state index in [1.54, 1.807) is 12.1 Å². The number of benzene rings is 2. The summed E-state index contributed by atoms with van der Waals surface area (Å²) in [7, 11) is 0. The highest BCUT2D eigenvalue weighted by molar-refractivity contribution is 6.30. The van der Waals surface area contributed by atoms with Crippen LogP contribution in [-0.2, 0) is 6.54 Å². The number of rotatable bonds is 5. The summed E-state index contributed by atoms with van der Waals surface area (Å²) >= 11 is 5.91. The van der Waals surface area contributed by atoms with Crippen LogP contribution in [-0.4, -0.2) is 27.4 Å². The number of ether oxygens (including phenoxy) is 1. The first-order chi connectivity index (χ1) is 10.6. The summed E-state index contributed by atoms with van der Waals surface area (Å²) in [6, 6.07) is 15.0. The third-order valence-corrected chi connectivity index (χ3v) is 3.71. The number of hydrogen-bond acceptors (Lipinski definition) is 3. The van der Waals surface area contributed by atoms with E-state index in [-0.39, 0.29) is 6.61 Å². The number of aliphatic hydroxyl groups is 1. The summed E-state index contributed by atoms with van der Waals surface area (Å²) in [6.07, 6.45) is -0.629. The molecule has 4 nitrogen and oxygen atoms in total. The van der Waals surface area contributed by atoms with Crippen molar-refractivity contribution in [1.82, 2.24) is 9.55 Å². The maximum Gasteiger partial charge on any atom is 0.120 e. The molecular weight excluding hydrogens is 300 g/mol. The molecule has 0 saturated heterocycles. The van der Waals surface area contributed by atoms with E-state index in [0.29, 0.717) is 17.3 Å². The highest BCUT2D eigenvalue weighted by Crippen LogP contribution is 2.18. The Bertz CT molecular complexity index is 785. The molecule has 0 aliphatic heterocycles. The van der Waals surface area contributed by atoms with Gasteiger partial charge in [0.25, 0.3) is 0 Å². The van der Waals surface area contributed by atoms with E-state index in [0.717, 1.165) is 16.9 Å². The minimum absolute atomic E-state index is 0.201. The first-order valence-corrected chi connectivity index (χ1v) is 7.49. The van der Waals surface area contributed by atoms with Gasteiger partial charge in [-0.15, -0.1) is 0 Å². The Morgan fingerprint density at radius 1 is 1.23 bits per heavy atom. The Kier molecular flexibility index (Phi) is 4.32. The van der Waals surface area contributed by atoms with Crippen LogP contribution >= 0.6 is 11.6 Å². The van der Waals surface area contributed by atoms with Gasteiger partial charge in [0.15, 0.2) is 0 Å². The molecular formula is C17H17ClN2O2. The number of fused-ring (bicyclic) bond motifs is 1. The van der Waals surface area contributed by atoms with E-state index >= 15 is 0 Å². The van der Waals surface area contributed by atoms with E-state index in [4.69, 9.17) is 16.3 Å². The van der Waals surface area contributed by atoms with Crippen LogP contribution in [0.2, 0.25) is 5.02 Å². The van der Waals surface area contributed by atoms with Crippen molar-refractivity contribution in [2.75, 3.05) is 6.61 Å². The van der Waals surface area contributed by atoms with Gasteiger partial charge in [0, 0.05) is 5.02 Å². The van der Waals surface area contributed by atoms with Crippen LogP contribution in [0.3, 0.4) is 0 Å². The van der Waals surface area contributed by atoms with E-state index in [1.807, 2.05) is 47.9 Å². The van der Waals surface area contributed by atoms with Crippen LogP contribution in [0, 0.1) is 6.92 Å². The number of aromatic nitrogens is 2. The summed E-state index contributed by atoms with van der Waals surface area (Å²) in [5.74, 6) is 1.53. The largest absolute Gasteiger partial charge is 0.491 e. The fourth-order valence-electron chi connectivity index (χ4n) is 2.44. The lowest BCUT2D eigenvalue weighted by atomic mass is 10.3. The second-order valence-corrected chi connectivity index (χ2v) is 5.62. The van der Waals surface area contributed by atoms with Gasteiger partial charge in [-0.3, -0.25) is 0 Å². The zero-order chi connectivity index (χ0) is 15.5. The molecule has 22 heavy (non-hydrogen) atoms. The van der Waals surface area contributed by atoms with E-state index in [9.17, 15) is 5.11 Å². The summed E-state index contributed by atoms with van der Waals surface area (Å²) in [5, 5.41) is 10.8. The number of nitrogens with zero attached hydrogens (tertiary/aromatic N) is 2. The second-order valence-electron chi connectivity index (χ2n) is 5.18. The number of para-hydroxylation sites is 2. The van der Waals surface area contributed by atoms with Gasteiger partial charge in [-0.1, -0.05) is 29.8 Å². The summed E-state index contributed by atoms with van der Waals surface area (Å²) < 4.78 is 7.58. The van der Waals surface area contributed by atoms with E-state index < -0.39 is 6.10 Å². The number of halogens is 1. The van der Waals surface area contributed by atoms with Gasteiger partial charge in [-0.25, -0.2) is 4.98 Å². The minimum Gasteiger partial charge on any atom is -0.491 e. The first-order valence-electron chi connectivity index (χ1n) is 7.12. The van der Waals surface area contributed by atoms with Gasteiger partial charge >= 0.3 is 0 Å². The van der Waals surface area contributed by atoms with Crippen LogP contribution in [0.25, 0.3) is 11.0 Å². The molecule has 0 amide bonds. The maximum absolute atomic E-state index is 10.2. The predicted molar refractivity (Wildman–Crippen MR) is 87.4 cm³/mol. The van der Waals surface area contributed by atoms with Gasteiger partial charge in [0.2, 0.25) is 0 Å². The van der Waals surface area contributed by atoms with Gasteiger partial charge in [-0.2, -0.15) is 0 Å².